The molecule has 0 amide bonds. The van der Waals surface area contributed by atoms with Gasteiger partial charge < -0.3 is 0 Å². The second-order valence-corrected chi connectivity index (χ2v) is 3.56. The maximum Gasteiger partial charge on any atom is 0.314 e. The van der Waals surface area contributed by atoms with Crippen LogP contribution in [-0.4, -0.2) is 19.5 Å². The summed E-state index contributed by atoms with van der Waals surface area (Å²) in [5.74, 6) is 0.913. The largest absolute Gasteiger partial charge is 0.314 e. The summed E-state index contributed by atoms with van der Waals surface area (Å²) in [5, 5.41) is 18.5. The van der Waals surface area contributed by atoms with Gasteiger partial charge in [0.1, 0.15) is 5.82 Å². The van der Waals surface area contributed by atoms with Crippen molar-refractivity contribution in [3.63, 3.8) is 0 Å². The van der Waals surface area contributed by atoms with Crippen LogP contribution >= 0.6 is 0 Å². The highest BCUT2D eigenvalue weighted by Crippen LogP contribution is 2.20. The van der Waals surface area contributed by atoms with E-state index in [1.807, 2.05) is 13.8 Å². The molecule has 0 atom stereocenters. The first-order chi connectivity index (χ1) is 7.11. The van der Waals surface area contributed by atoms with E-state index in [9.17, 15) is 10.1 Å². The molecular formula is C9H10N4O2. The van der Waals surface area contributed by atoms with Gasteiger partial charge in [0.2, 0.25) is 5.65 Å². The number of aromatic nitrogens is 3. The van der Waals surface area contributed by atoms with Gasteiger partial charge in [-0.1, -0.05) is 13.8 Å². The molecule has 0 bridgehead atoms. The van der Waals surface area contributed by atoms with Crippen LogP contribution in [0.1, 0.15) is 25.6 Å². The summed E-state index contributed by atoms with van der Waals surface area (Å²) in [6, 6.07) is 3.05. The summed E-state index contributed by atoms with van der Waals surface area (Å²) in [6.07, 6.45) is 1.73. The van der Waals surface area contributed by atoms with Crippen molar-refractivity contribution in [2.75, 3.05) is 0 Å². The molecule has 6 nitrogen and oxygen atoms in total. The molecule has 0 saturated heterocycles. The van der Waals surface area contributed by atoms with E-state index in [-0.39, 0.29) is 11.6 Å². The molecule has 0 aromatic carbocycles. The third-order valence-electron chi connectivity index (χ3n) is 2.15. The number of hydrogen-bond acceptors (Lipinski definition) is 4. The Balaban J connectivity index is 2.74. The summed E-state index contributed by atoms with van der Waals surface area (Å²) in [4.78, 5) is 10.3. The Bertz CT molecular complexity index is 518. The first kappa shape index (κ1) is 9.57. The zero-order valence-electron chi connectivity index (χ0n) is 8.41. The Morgan fingerprint density at radius 1 is 1.47 bits per heavy atom. The van der Waals surface area contributed by atoms with Gasteiger partial charge in [0, 0.05) is 18.2 Å². The Hall–Kier alpha value is -1.98. The van der Waals surface area contributed by atoms with Crippen molar-refractivity contribution in [3.8, 4) is 0 Å². The van der Waals surface area contributed by atoms with Gasteiger partial charge in [0.15, 0.2) is 0 Å². The summed E-state index contributed by atoms with van der Waals surface area (Å²) in [6.45, 7) is 3.94. The van der Waals surface area contributed by atoms with Crippen molar-refractivity contribution in [2.45, 2.75) is 19.8 Å². The predicted molar refractivity (Wildman–Crippen MR) is 53.7 cm³/mol. The van der Waals surface area contributed by atoms with E-state index in [1.165, 1.54) is 6.07 Å². The van der Waals surface area contributed by atoms with E-state index < -0.39 is 4.92 Å². The first-order valence-electron chi connectivity index (χ1n) is 4.59. The van der Waals surface area contributed by atoms with Crippen LogP contribution in [-0.2, 0) is 0 Å². The number of nitrogens with zero attached hydrogens (tertiary/aromatic N) is 4. The molecule has 0 saturated carbocycles. The molecule has 0 aliphatic carbocycles. The van der Waals surface area contributed by atoms with Gasteiger partial charge in [-0.2, -0.15) is 0 Å². The van der Waals surface area contributed by atoms with Crippen molar-refractivity contribution in [2.24, 2.45) is 0 Å². The van der Waals surface area contributed by atoms with Crippen LogP contribution in [0.2, 0.25) is 0 Å². The van der Waals surface area contributed by atoms with Crippen LogP contribution in [0.4, 0.5) is 5.69 Å². The van der Waals surface area contributed by atoms with Gasteiger partial charge in [-0.05, 0) is 6.07 Å². The van der Waals surface area contributed by atoms with Gasteiger partial charge >= 0.3 is 5.69 Å². The van der Waals surface area contributed by atoms with Crippen molar-refractivity contribution in [3.05, 3.63) is 34.3 Å². The molecule has 0 unspecified atom stereocenters. The minimum absolute atomic E-state index is 0.0168. The lowest BCUT2D eigenvalue weighted by molar-refractivity contribution is -0.383. The molecule has 15 heavy (non-hydrogen) atoms. The molecule has 6 heteroatoms. The molecule has 0 spiro atoms. The minimum Gasteiger partial charge on any atom is -0.280 e. The maximum absolute atomic E-state index is 10.7. The molecule has 0 aliphatic heterocycles. The van der Waals surface area contributed by atoms with Crippen molar-refractivity contribution in [1.29, 1.82) is 0 Å². The van der Waals surface area contributed by atoms with Crippen LogP contribution in [0.15, 0.2) is 18.3 Å². The first-order valence-corrected chi connectivity index (χ1v) is 4.59. The summed E-state index contributed by atoms with van der Waals surface area (Å²) in [5.41, 5.74) is 0.281. The zero-order valence-corrected chi connectivity index (χ0v) is 8.41. The SMILES string of the molecule is CC(C)c1nnc2c([N+](=O)[O-])cccn12. The Labute approximate surface area is 85.7 Å². The third kappa shape index (κ3) is 1.43. The maximum atomic E-state index is 10.7. The third-order valence-corrected chi connectivity index (χ3v) is 2.15. The van der Waals surface area contributed by atoms with Crippen LogP contribution < -0.4 is 0 Å². The van der Waals surface area contributed by atoms with Gasteiger partial charge in [0.25, 0.3) is 0 Å². The molecule has 2 heterocycles. The smallest absolute Gasteiger partial charge is 0.280 e. The molecule has 2 aromatic rings. The fraction of sp³-hybridized carbons (Fsp3) is 0.333. The lowest BCUT2D eigenvalue weighted by Crippen LogP contribution is -1.98. The summed E-state index contributed by atoms with van der Waals surface area (Å²) in [7, 11) is 0. The highest BCUT2D eigenvalue weighted by atomic mass is 16.6. The highest BCUT2D eigenvalue weighted by Gasteiger charge is 2.17. The quantitative estimate of drug-likeness (QED) is 0.554. The summed E-state index contributed by atoms with van der Waals surface area (Å²) >= 11 is 0. The van der Waals surface area contributed by atoms with Crippen molar-refractivity contribution in [1.82, 2.24) is 14.6 Å². The van der Waals surface area contributed by atoms with E-state index in [2.05, 4.69) is 10.2 Å². The van der Waals surface area contributed by atoms with E-state index in [0.717, 1.165) is 5.82 Å². The molecule has 78 valence electrons. The van der Waals surface area contributed by atoms with Crippen LogP contribution in [0.5, 0.6) is 0 Å². The average molecular weight is 206 g/mol. The Morgan fingerprint density at radius 2 is 2.20 bits per heavy atom. The minimum atomic E-state index is -0.450. The van der Waals surface area contributed by atoms with E-state index in [0.29, 0.717) is 5.65 Å². The highest BCUT2D eigenvalue weighted by molar-refractivity contribution is 5.58. The second kappa shape index (κ2) is 3.30. The van der Waals surface area contributed by atoms with Gasteiger partial charge in [-0.15, -0.1) is 10.2 Å². The fourth-order valence-corrected chi connectivity index (χ4v) is 1.46. The van der Waals surface area contributed by atoms with Gasteiger partial charge in [-0.3, -0.25) is 14.5 Å². The average Bonchev–Trinajstić information content (AvgIpc) is 2.59. The van der Waals surface area contributed by atoms with Crippen molar-refractivity contribution < 1.29 is 4.92 Å². The number of rotatable bonds is 2. The zero-order chi connectivity index (χ0) is 11.0. The normalized spacial score (nSPS) is 11.1. The van der Waals surface area contributed by atoms with Gasteiger partial charge in [0.05, 0.1) is 4.92 Å². The van der Waals surface area contributed by atoms with E-state index in [4.69, 9.17) is 0 Å². The second-order valence-electron chi connectivity index (χ2n) is 3.56. The fourth-order valence-electron chi connectivity index (χ4n) is 1.46. The molecular weight excluding hydrogens is 196 g/mol. The van der Waals surface area contributed by atoms with Crippen LogP contribution in [0.3, 0.4) is 0 Å². The lowest BCUT2D eigenvalue weighted by atomic mass is 10.2. The molecule has 0 aliphatic rings. The predicted octanol–water partition coefficient (Wildman–Crippen LogP) is 1.76. The van der Waals surface area contributed by atoms with E-state index in [1.54, 1.807) is 16.7 Å². The molecule has 2 rings (SSSR count). The topological polar surface area (TPSA) is 73.3 Å². The Morgan fingerprint density at radius 3 is 2.80 bits per heavy atom. The number of hydrogen-bond donors (Lipinski definition) is 0. The Kier molecular flexibility index (Phi) is 2.11. The van der Waals surface area contributed by atoms with Crippen LogP contribution in [0.25, 0.3) is 5.65 Å². The molecule has 2 aromatic heterocycles. The lowest BCUT2D eigenvalue weighted by Gasteiger charge is -2.01. The number of pyridine rings is 1. The van der Waals surface area contributed by atoms with Crippen molar-refractivity contribution >= 4 is 11.3 Å². The molecule has 0 radical (unpaired) electrons. The molecule has 0 fully saturated rings. The van der Waals surface area contributed by atoms with Crippen LogP contribution in [0, 0.1) is 10.1 Å². The monoisotopic (exact) mass is 206 g/mol. The number of fused-ring (bicyclic) bond motifs is 1. The standard InChI is InChI=1S/C9H10N4O2/c1-6(2)8-10-11-9-7(13(14)15)4-3-5-12(8)9/h3-6H,1-2H3. The number of nitro groups is 1. The molecule has 0 N–H and O–H groups in total. The van der Waals surface area contributed by atoms with Gasteiger partial charge in [-0.25, -0.2) is 0 Å². The summed E-state index contributed by atoms with van der Waals surface area (Å²) < 4.78 is 1.66. The van der Waals surface area contributed by atoms with E-state index >= 15 is 0 Å².